The molecule has 0 aliphatic heterocycles. The molecule has 5 heteroatoms. The summed E-state index contributed by atoms with van der Waals surface area (Å²) < 4.78 is 5.19. The van der Waals surface area contributed by atoms with Crippen molar-refractivity contribution in [2.24, 2.45) is 0 Å². The van der Waals surface area contributed by atoms with E-state index in [9.17, 15) is 0 Å². The zero-order valence-electron chi connectivity index (χ0n) is 8.16. The van der Waals surface area contributed by atoms with Crippen LogP contribution in [0.2, 0.25) is 5.02 Å². The molecule has 0 fully saturated rings. The van der Waals surface area contributed by atoms with Gasteiger partial charge in [0.25, 0.3) is 0 Å². The lowest BCUT2D eigenvalue weighted by molar-refractivity contribution is 0.147. The molecule has 0 aliphatic rings. The van der Waals surface area contributed by atoms with Gasteiger partial charge in [-0.25, -0.2) is 9.97 Å². The second kappa shape index (κ2) is 6.56. The average molecular weight is 216 g/mol. The van der Waals surface area contributed by atoms with Crippen LogP contribution in [0, 0.1) is 0 Å². The second-order valence-corrected chi connectivity index (χ2v) is 3.14. The second-order valence-electron chi connectivity index (χ2n) is 2.70. The molecule has 78 valence electrons. The summed E-state index contributed by atoms with van der Waals surface area (Å²) in [6, 6.07) is 0. The highest BCUT2D eigenvalue weighted by molar-refractivity contribution is 6.30. The molecule has 0 spiro atoms. The standard InChI is InChI=1S/C9H14ClN3O/c1-2-14-5-3-4-11-9-12-6-8(10)7-13-9/h6-7H,2-5H2,1H3,(H,11,12,13). The van der Waals surface area contributed by atoms with Crippen molar-refractivity contribution in [3.05, 3.63) is 17.4 Å². The van der Waals surface area contributed by atoms with Crippen LogP contribution in [-0.4, -0.2) is 29.7 Å². The summed E-state index contributed by atoms with van der Waals surface area (Å²) >= 11 is 5.64. The van der Waals surface area contributed by atoms with Gasteiger partial charge < -0.3 is 10.1 Å². The molecule has 0 amide bonds. The van der Waals surface area contributed by atoms with E-state index < -0.39 is 0 Å². The Labute approximate surface area is 88.7 Å². The third kappa shape index (κ3) is 4.39. The zero-order valence-corrected chi connectivity index (χ0v) is 8.92. The Bertz CT molecular complexity index is 253. The molecular formula is C9H14ClN3O. The molecule has 0 radical (unpaired) electrons. The zero-order chi connectivity index (χ0) is 10.2. The number of hydrogen-bond donors (Lipinski definition) is 1. The monoisotopic (exact) mass is 215 g/mol. The lowest BCUT2D eigenvalue weighted by atomic mass is 10.4. The number of hydrogen-bond acceptors (Lipinski definition) is 4. The Morgan fingerprint density at radius 3 is 2.79 bits per heavy atom. The molecule has 1 heterocycles. The van der Waals surface area contributed by atoms with E-state index in [2.05, 4.69) is 15.3 Å². The van der Waals surface area contributed by atoms with Crippen LogP contribution in [0.4, 0.5) is 5.95 Å². The maximum Gasteiger partial charge on any atom is 0.222 e. The SMILES string of the molecule is CCOCCCNc1ncc(Cl)cn1. The number of rotatable bonds is 6. The quantitative estimate of drug-likeness (QED) is 0.738. The predicted molar refractivity (Wildman–Crippen MR) is 56.6 cm³/mol. The smallest absolute Gasteiger partial charge is 0.222 e. The van der Waals surface area contributed by atoms with Crippen LogP contribution in [0.15, 0.2) is 12.4 Å². The molecule has 0 atom stereocenters. The van der Waals surface area contributed by atoms with Crippen molar-refractivity contribution in [3.8, 4) is 0 Å². The number of anilines is 1. The van der Waals surface area contributed by atoms with E-state index in [1.54, 1.807) is 12.4 Å². The van der Waals surface area contributed by atoms with E-state index in [0.717, 1.165) is 26.2 Å². The fraction of sp³-hybridized carbons (Fsp3) is 0.556. The fourth-order valence-electron chi connectivity index (χ4n) is 0.922. The molecule has 0 bridgehead atoms. The first-order chi connectivity index (χ1) is 6.83. The van der Waals surface area contributed by atoms with Gasteiger partial charge in [0.15, 0.2) is 0 Å². The number of nitrogens with one attached hydrogen (secondary N) is 1. The van der Waals surface area contributed by atoms with Crippen LogP contribution in [0.5, 0.6) is 0 Å². The molecule has 1 aromatic heterocycles. The maximum absolute atomic E-state index is 5.64. The molecule has 4 nitrogen and oxygen atoms in total. The van der Waals surface area contributed by atoms with Crippen molar-refractivity contribution in [1.82, 2.24) is 9.97 Å². The molecule has 0 unspecified atom stereocenters. The van der Waals surface area contributed by atoms with Crippen molar-refractivity contribution in [1.29, 1.82) is 0 Å². The van der Waals surface area contributed by atoms with Gasteiger partial charge in [-0.1, -0.05) is 11.6 Å². The van der Waals surface area contributed by atoms with Gasteiger partial charge in [0.2, 0.25) is 5.95 Å². The van der Waals surface area contributed by atoms with E-state index in [4.69, 9.17) is 16.3 Å². The largest absolute Gasteiger partial charge is 0.382 e. The van der Waals surface area contributed by atoms with Crippen molar-refractivity contribution in [2.75, 3.05) is 25.1 Å². The summed E-state index contributed by atoms with van der Waals surface area (Å²) in [5.74, 6) is 0.603. The van der Waals surface area contributed by atoms with E-state index in [1.807, 2.05) is 6.92 Å². The van der Waals surface area contributed by atoms with Crippen molar-refractivity contribution < 1.29 is 4.74 Å². The average Bonchev–Trinajstić information content (AvgIpc) is 2.21. The molecule has 14 heavy (non-hydrogen) atoms. The Hall–Kier alpha value is -0.870. The lowest BCUT2D eigenvalue weighted by Crippen LogP contribution is -2.07. The summed E-state index contributed by atoms with van der Waals surface area (Å²) in [6.45, 7) is 4.31. The number of nitrogens with zero attached hydrogens (tertiary/aromatic N) is 2. The highest BCUT2D eigenvalue weighted by atomic mass is 35.5. The lowest BCUT2D eigenvalue weighted by Gasteiger charge is -2.03. The summed E-state index contributed by atoms with van der Waals surface area (Å²) in [4.78, 5) is 8.00. The number of halogens is 1. The van der Waals surface area contributed by atoms with Crippen LogP contribution >= 0.6 is 11.6 Å². The van der Waals surface area contributed by atoms with Crippen molar-refractivity contribution in [3.63, 3.8) is 0 Å². The maximum atomic E-state index is 5.64. The third-order valence-corrected chi connectivity index (χ3v) is 1.77. The van der Waals surface area contributed by atoms with Gasteiger partial charge in [-0.3, -0.25) is 0 Å². The Balaban J connectivity index is 2.15. The van der Waals surface area contributed by atoms with Gasteiger partial charge >= 0.3 is 0 Å². The summed E-state index contributed by atoms with van der Waals surface area (Å²) in [7, 11) is 0. The molecule has 1 N–H and O–H groups in total. The minimum absolute atomic E-state index is 0.546. The molecule has 0 saturated heterocycles. The first-order valence-corrected chi connectivity index (χ1v) is 5.00. The number of aromatic nitrogens is 2. The van der Waals surface area contributed by atoms with Gasteiger partial charge in [-0.2, -0.15) is 0 Å². The highest BCUT2D eigenvalue weighted by Crippen LogP contribution is 2.05. The van der Waals surface area contributed by atoms with Crippen LogP contribution in [-0.2, 0) is 4.74 Å². The van der Waals surface area contributed by atoms with Gasteiger partial charge in [0.05, 0.1) is 17.4 Å². The van der Waals surface area contributed by atoms with Crippen LogP contribution in [0.3, 0.4) is 0 Å². The predicted octanol–water partition coefficient (Wildman–Crippen LogP) is 1.97. The fourth-order valence-corrected chi connectivity index (χ4v) is 1.02. The van der Waals surface area contributed by atoms with Gasteiger partial charge in [0, 0.05) is 19.8 Å². The normalized spacial score (nSPS) is 10.1. The third-order valence-electron chi connectivity index (χ3n) is 1.57. The minimum Gasteiger partial charge on any atom is -0.382 e. The molecule has 0 aliphatic carbocycles. The summed E-state index contributed by atoms with van der Waals surface area (Å²) in [5, 5.41) is 3.62. The van der Waals surface area contributed by atoms with Crippen LogP contribution in [0.1, 0.15) is 13.3 Å². The molecule has 0 saturated carbocycles. The molecule has 1 rings (SSSR count). The summed E-state index contributed by atoms with van der Waals surface area (Å²) in [6.07, 6.45) is 4.08. The van der Waals surface area contributed by atoms with Crippen molar-refractivity contribution >= 4 is 17.5 Å². The molecule has 0 aromatic carbocycles. The van der Waals surface area contributed by atoms with Crippen molar-refractivity contribution in [2.45, 2.75) is 13.3 Å². The summed E-state index contributed by atoms with van der Waals surface area (Å²) in [5.41, 5.74) is 0. The van der Waals surface area contributed by atoms with Crippen LogP contribution in [0.25, 0.3) is 0 Å². The van der Waals surface area contributed by atoms with E-state index in [1.165, 1.54) is 0 Å². The molecular weight excluding hydrogens is 202 g/mol. The van der Waals surface area contributed by atoms with Gasteiger partial charge in [0.1, 0.15) is 0 Å². The van der Waals surface area contributed by atoms with E-state index >= 15 is 0 Å². The first kappa shape index (κ1) is 11.2. The Morgan fingerprint density at radius 1 is 1.43 bits per heavy atom. The minimum atomic E-state index is 0.546. The van der Waals surface area contributed by atoms with Gasteiger partial charge in [-0.05, 0) is 13.3 Å². The Kier molecular flexibility index (Phi) is 5.25. The molecule has 1 aromatic rings. The van der Waals surface area contributed by atoms with E-state index in [-0.39, 0.29) is 0 Å². The topological polar surface area (TPSA) is 47.0 Å². The van der Waals surface area contributed by atoms with E-state index in [0.29, 0.717) is 11.0 Å². The number of ether oxygens (including phenoxy) is 1. The van der Waals surface area contributed by atoms with Crippen LogP contribution < -0.4 is 5.32 Å². The van der Waals surface area contributed by atoms with Gasteiger partial charge in [-0.15, -0.1) is 0 Å². The highest BCUT2D eigenvalue weighted by Gasteiger charge is 1.94. The first-order valence-electron chi connectivity index (χ1n) is 4.62. The Morgan fingerprint density at radius 2 is 2.14 bits per heavy atom.